The van der Waals surface area contributed by atoms with E-state index in [-0.39, 0.29) is 5.97 Å². The summed E-state index contributed by atoms with van der Waals surface area (Å²) in [5.74, 6) is 0.367. The van der Waals surface area contributed by atoms with Crippen LogP contribution >= 0.6 is 24.0 Å². The maximum atomic E-state index is 11.5. The van der Waals surface area contributed by atoms with Crippen molar-refractivity contribution in [2.24, 2.45) is 0 Å². The van der Waals surface area contributed by atoms with Crippen LogP contribution in [0.5, 0.6) is 0 Å². The fraction of sp³-hybridized carbons (Fsp3) is 0.400. The fourth-order valence-electron chi connectivity index (χ4n) is 1.03. The standard InChI is InChI=1S/C10H13NO2S2/c1-3-13-10(12)9-7(2)11-8(15-9)5-4-6-14/h4-5,14H,3,6H2,1-2H3. The highest BCUT2D eigenvalue weighted by molar-refractivity contribution is 7.80. The zero-order valence-electron chi connectivity index (χ0n) is 8.69. The van der Waals surface area contributed by atoms with Gasteiger partial charge in [0.05, 0.1) is 12.3 Å². The van der Waals surface area contributed by atoms with Crippen LogP contribution in [0.3, 0.4) is 0 Å². The van der Waals surface area contributed by atoms with Gasteiger partial charge in [0.2, 0.25) is 0 Å². The molecule has 0 aliphatic heterocycles. The highest BCUT2D eigenvalue weighted by Crippen LogP contribution is 2.20. The second-order valence-electron chi connectivity index (χ2n) is 2.77. The van der Waals surface area contributed by atoms with E-state index in [9.17, 15) is 4.79 Å². The molecule has 0 saturated carbocycles. The summed E-state index contributed by atoms with van der Waals surface area (Å²) in [6.07, 6.45) is 3.74. The van der Waals surface area contributed by atoms with E-state index in [4.69, 9.17) is 4.74 Å². The molecule has 0 aromatic carbocycles. The van der Waals surface area contributed by atoms with Crippen LogP contribution in [-0.4, -0.2) is 23.3 Å². The second kappa shape index (κ2) is 5.92. The molecule has 1 heterocycles. The molecule has 0 unspecified atom stereocenters. The average molecular weight is 243 g/mol. The lowest BCUT2D eigenvalue weighted by molar-refractivity contribution is 0.0531. The number of carbonyl (C=O) groups is 1. The molecule has 3 nitrogen and oxygen atoms in total. The van der Waals surface area contributed by atoms with E-state index >= 15 is 0 Å². The molecule has 15 heavy (non-hydrogen) atoms. The Labute approximate surface area is 98.6 Å². The van der Waals surface area contributed by atoms with Crippen molar-refractivity contribution in [2.45, 2.75) is 13.8 Å². The SMILES string of the molecule is CCOC(=O)c1sc(C=CCS)nc1C. The molecular formula is C10H13NO2S2. The maximum absolute atomic E-state index is 11.5. The molecule has 82 valence electrons. The molecule has 1 aromatic rings. The minimum atomic E-state index is -0.293. The number of ether oxygens (including phenoxy) is 1. The molecule has 0 fully saturated rings. The Bertz CT molecular complexity index is 371. The van der Waals surface area contributed by atoms with E-state index in [1.807, 2.05) is 12.2 Å². The fourth-order valence-corrected chi connectivity index (χ4v) is 2.03. The van der Waals surface area contributed by atoms with Crippen LogP contribution in [0.4, 0.5) is 0 Å². The van der Waals surface area contributed by atoms with Gasteiger partial charge in [0.1, 0.15) is 9.88 Å². The van der Waals surface area contributed by atoms with Gasteiger partial charge in [-0.1, -0.05) is 6.08 Å². The van der Waals surface area contributed by atoms with Gasteiger partial charge in [-0.25, -0.2) is 9.78 Å². The molecule has 0 radical (unpaired) electrons. The Hall–Kier alpha value is -0.810. The summed E-state index contributed by atoms with van der Waals surface area (Å²) in [7, 11) is 0. The van der Waals surface area contributed by atoms with Crippen molar-refractivity contribution in [1.82, 2.24) is 4.98 Å². The summed E-state index contributed by atoms with van der Waals surface area (Å²) in [5.41, 5.74) is 0.720. The third-order valence-electron chi connectivity index (χ3n) is 1.64. The Morgan fingerprint density at radius 2 is 2.40 bits per heavy atom. The van der Waals surface area contributed by atoms with Crippen LogP contribution < -0.4 is 0 Å². The molecule has 0 N–H and O–H groups in total. The lowest BCUT2D eigenvalue weighted by Gasteiger charge is -1.97. The first-order chi connectivity index (χ1) is 7.19. The first-order valence-corrected chi connectivity index (χ1v) is 6.05. The number of aryl methyl sites for hydroxylation is 1. The molecular weight excluding hydrogens is 230 g/mol. The molecule has 0 saturated heterocycles. The number of nitrogens with zero attached hydrogens (tertiary/aromatic N) is 1. The van der Waals surface area contributed by atoms with E-state index in [0.717, 1.165) is 10.7 Å². The molecule has 0 spiro atoms. The van der Waals surface area contributed by atoms with Gasteiger partial charge >= 0.3 is 5.97 Å². The molecule has 0 aliphatic rings. The van der Waals surface area contributed by atoms with Crippen LogP contribution in [0, 0.1) is 6.92 Å². The predicted octanol–water partition coefficient (Wildman–Crippen LogP) is 2.57. The van der Waals surface area contributed by atoms with Crippen molar-refractivity contribution >= 4 is 36.0 Å². The Morgan fingerprint density at radius 3 is 3.00 bits per heavy atom. The maximum Gasteiger partial charge on any atom is 0.350 e. The van der Waals surface area contributed by atoms with Gasteiger partial charge in [-0.3, -0.25) is 0 Å². The third kappa shape index (κ3) is 3.35. The largest absolute Gasteiger partial charge is 0.462 e. The van der Waals surface area contributed by atoms with Crippen molar-refractivity contribution in [3.8, 4) is 0 Å². The lowest BCUT2D eigenvalue weighted by Crippen LogP contribution is -2.03. The number of carbonyl (C=O) groups excluding carboxylic acids is 1. The summed E-state index contributed by atoms with van der Waals surface area (Å²) in [6.45, 7) is 3.98. The van der Waals surface area contributed by atoms with Crippen LogP contribution in [0.15, 0.2) is 6.08 Å². The topological polar surface area (TPSA) is 39.2 Å². The zero-order chi connectivity index (χ0) is 11.3. The van der Waals surface area contributed by atoms with E-state index in [2.05, 4.69) is 17.6 Å². The van der Waals surface area contributed by atoms with Gasteiger partial charge in [-0.05, 0) is 19.9 Å². The number of aromatic nitrogens is 1. The number of hydrogen-bond donors (Lipinski definition) is 1. The van der Waals surface area contributed by atoms with Crippen molar-refractivity contribution in [2.75, 3.05) is 12.4 Å². The van der Waals surface area contributed by atoms with Gasteiger partial charge in [-0.15, -0.1) is 11.3 Å². The minimum absolute atomic E-state index is 0.293. The lowest BCUT2D eigenvalue weighted by atomic mass is 10.4. The van der Waals surface area contributed by atoms with Crippen molar-refractivity contribution < 1.29 is 9.53 Å². The summed E-state index contributed by atoms with van der Waals surface area (Å²) in [6, 6.07) is 0. The van der Waals surface area contributed by atoms with E-state index in [1.54, 1.807) is 13.8 Å². The smallest absolute Gasteiger partial charge is 0.350 e. The monoisotopic (exact) mass is 243 g/mol. The number of thiol groups is 1. The quantitative estimate of drug-likeness (QED) is 0.652. The van der Waals surface area contributed by atoms with Crippen molar-refractivity contribution in [1.29, 1.82) is 0 Å². The van der Waals surface area contributed by atoms with Gasteiger partial charge < -0.3 is 4.74 Å². The van der Waals surface area contributed by atoms with Crippen molar-refractivity contribution in [3.05, 3.63) is 21.7 Å². The first-order valence-electron chi connectivity index (χ1n) is 4.61. The number of thiazole rings is 1. The Balaban J connectivity index is 2.86. The molecule has 1 aromatic heterocycles. The number of hydrogen-bond acceptors (Lipinski definition) is 5. The Kier molecular flexibility index (Phi) is 4.84. The number of rotatable bonds is 4. The summed E-state index contributed by atoms with van der Waals surface area (Å²) >= 11 is 5.40. The molecule has 0 bridgehead atoms. The van der Waals surface area contributed by atoms with Crippen LogP contribution in [0.1, 0.15) is 27.3 Å². The average Bonchev–Trinajstić information content (AvgIpc) is 2.57. The van der Waals surface area contributed by atoms with Crippen LogP contribution in [0.25, 0.3) is 6.08 Å². The Morgan fingerprint density at radius 1 is 1.67 bits per heavy atom. The zero-order valence-corrected chi connectivity index (χ0v) is 10.4. The molecule has 0 atom stereocenters. The summed E-state index contributed by atoms with van der Waals surface area (Å²) < 4.78 is 4.92. The van der Waals surface area contributed by atoms with Crippen molar-refractivity contribution in [3.63, 3.8) is 0 Å². The van der Waals surface area contributed by atoms with Gasteiger partial charge in [0.15, 0.2) is 0 Å². The number of esters is 1. The third-order valence-corrected chi connectivity index (χ3v) is 2.95. The van der Waals surface area contributed by atoms with E-state index < -0.39 is 0 Å². The van der Waals surface area contributed by atoms with Crippen LogP contribution in [0.2, 0.25) is 0 Å². The normalized spacial score (nSPS) is 10.9. The van der Waals surface area contributed by atoms with Gasteiger partial charge in [0, 0.05) is 5.75 Å². The van der Waals surface area contributed by atoms with Gasteiger partial charge in [0.25, 0.3) is 0 Å². The second-order valence-corrected chi connectivity index (χ2v) is 4.17. The summed E-state index contributed by atoms with van der Waals surface area (Å²) in [5, 5.41) is 0.810. The minimum Gasteiger partial charge on any atom is -0.462 e. The molecule has 0 aliphatic carbocycles. The highest BCUT2D eigenvalue weighted by Gasteiger charge is 2.14. The molecule has 5 heteroatoms. The molecule has 0 amide bonds. The highest BCUT2D eigenvalue weighted by atomic mass is 32.1. The van der Waals surface area contributed by atoms with Crippen LogP contribution in [-0.2, 0) is 4.74 Å². The first kappa shape index (κ1) is 12.3. The van der Waals surface area contributed by atoms with Gasteiger partial charge in [-0.2, -0.15) is 12.6 Å². The molecule has 1 rings (SSSR count). The summed E-state index contributed by atoms with van der Waals surface area (Å²) in [4.78, 5) is 16.3. The predicted molar refractivity (Wildman–Crippen MR) is 65.7 cm³/mol. The van der Waals surface area contributed by atoms with E-state index in [1.165, 1.54) is 11.3 Å². The van der Waals surface area contributed by atoms with E-state index in [0.29, 0.717) is 17.2 Å².